The van der Waals surface area contributed by atoms with E-state index in [2.05, 4.69) is 72.7 Å². The topological polar surface area (TPSA) is 59.1 Å². The summed E-state index contributed by atoms with van der Waals surface area (Å²) < 4.78 is 14.0. The summed E-state index contributed by atoms with van der Waals surface area (Å²) in [4.78, 5) is 28.6. The van der Waals surface area contributed by atoms with E-state index in [4.69, 9.17) is 9.47 Å². The van der Waals surface area contributed by atoms with Crippen LogP contribution in [0.4, 0.5) is 4.79 Å². The minimum atomic E-state index is -0.437. The first-order valence-corrected chi connectivity index (χ1v) is 12.4. The molecule has 9 heteroatoms. The van der Waals surface area contributed by atoms with Gasteiger partial charge in [0.1, 0.15) is 12.2 Å². The van der Waals surface area contributed by atoms with Crippen molar-refractivity contribution in [2.75, 3.05) is 39.3 Å². The summed E-state index contributed by atoms with van der Waals surface area (Å²) in [6.07, 6.45) is 0.531. The molecule has 0 atom stereocenters. The number of hydrogen-bond acceptors (Lipinski definition) is 5. The minimum Gasteiger partial charge on any atom is -0.461 e. The van der Waals surface area contributed by atoms with Crippen molar-refractivity contribution in [1.82, 2.24) is 9.80 Å². The molecule has 156 valence electrons. The molecular weight excluding hydrogens is 701 g/mol. The first-order chi connectivity index (χ1) is 13.1. The zero-order valence-corrected chi connectivity index (χ0v) is 22.7. The number of hydrogen-bond donors (Lipinski definition) is 0. The molecular formula is C19H25I3N2O4. The molecule has 1 aromatic carbocycles. The molecule has 0 N–H and O–H groups in total. The molecule has 28 heavy (non-hydrogen) atoms. The third kappa shape index (κ3) is 7.11. The van der Waals surface area contributed by atoms with E-state index in [-0.39, 0.29) is 12.1 Å². The molecule has 1 aliphatic heterocycles. The summed E-state index contributed by atoms with van der Waals surface area (Å²) in [5, 5.41) is 0. The number of esters is 1. The number of ether oxygens (including phenoxy) is 2. The Hall–Kier alpha value is 0.110. The lowest BCUT2D eigenvalue weighted by atomic mass is 10.1. The maximum Gasteiger partial charge on any atom is 0.410 e. The second kappa shape index (κ2) is 10.9. The van der Waals surface area contributed by atoms with Crippen molar-refractivity contribution < 1.29 is 19.1 Å². The Morgan fingerprint density at radius 1 is 1.11 bits per heavy atom. The number of nitrogens with zero attached hydrogens (tertiary/aromatic N) is 2. The van der Waals surface area contributed by atoms with Crippen molar-refractivity contribution in [2.45, 2.75) is 32.8 Å². The van der Waals surface area contributed by atoms with Crippen molar-refractivity contribution in [3.8, 4) is 0 Å². The SMILES string of the molecule is CCC(C)(C)OC(=O)N1CCN(CCOC(=O)c2cc(I)cc(I)c2I)CC1. The van der Waals surface area contributed by atoms with Crippen LogP contribution in [0.1, 0.15) is 37.6 Å². The van der Waals surface area contributed by atoms with Crippen molar-refractivity contribution in [2.24, 2.45) is 0 Å². The molecule has 0 aromatic heterocycles. The van der Waals surface area contributed by atoms with E-state index in [1.807, 2.05) is 32.9 Å². The summed E-state index contributed by atoms with van der Waals surface area (Å²) >= 11 is 6.61. The third-order valence-corrected chi connectivity index (χ3v) is 8.37. The number of halogens is 3. The smallest absolute Gasteiger partial charge is 0.410 e. The van der Waals surface area contributed by atoms with Gasteiger partial charge in [-0.25, -0.2) is 9.59 Å². The fourth-order valence-electron chi connectivity index (χ4n) is 2.58. The summed E-state index contributed by atoms with van der Waals surface area (Å²) in [5.41, 5.74) is 0.176. The maximum absolute atomic E-state index is 12.4. The van der Waals surface area contributed by atoms with Crippen LogP contribution < -0.4 is 0 Å². The fourth-order valence-corrected chi connectivity index (χ4v) is 4.95. The predicted molar refractivity (Wildman–Crippen MR) is 134 cm³/mol. The minimum absolute atomic E-state index is 0.249. The second-order valence-corrected chi connectivity index (χ2v) is 10.7. The van der Waals surface area contributed by atoms with Gasteiger partial charge in [0.05, 0.1) is 5.56 Å². The second-order valence-electron chi connectivity index (χ2n) is 7.19. The molecule has 1 amide bonds. The number of benzene rings is 1. The lowest BCUT2D eigenvalue weighted by Gasteiger charge is -2.35. The molecule has 6 nitrogen and oxygen atoms in total. The highest BCUT2D eigenvalue weighted by Gasteiger charge is 2.27. The number of carbonyl (C=O) groups is 2. The molecule has 0 aliphatic carbocycles. The van der Waals surface area contributed by atoms with Crippen molar-refractivity contribution in [1.29, 1.82) is 0 Å². The predicted octanol–water partition coefficient (Wildman–Crippen LogP) is 4.60. The maximum atomic E-state index is 12.4. The third-order valence-electron chi connectivity index (χ3n) is 4.70. The molecule has 1 fully saturated rings. The quantitative estimate of drug-likeness (QED) is 0.244. The van der Waals surface area contributed by atoms with Gasteiger partial charge in [0, 0.05) is 43.4 Å². The van der Waals surface area contributed by atoms with Gasteiger partial charge in [0.25, 0.3) is 0 Å². The number of rotatable bonds is 6. The molecule has 0 saturated carbocycles. The van der Waals surface area contributed by atoms with Crippen LogP contribution in [0.2, 0.25) is 0 Å². The Morgan fingerprint density at radius 2 is 1.75 bits per heavy atom. The van der Waals surface area contributed by atoms with E-state index in [1.54, 1.807) is 4.90 Å². The van der Waals surface area contributed by atoms with Gasteiger partial charge >= 0.3 is 12.1 Å². The van der Waals surface area contributed by atoms with Crippen LogP contribution in [-0.4, -0.2) is 66.8 Å². The largest absolute Gasteiger partial charge is 0.461 e. The molecule has 0 radical (unpaired) electrons. The van der Waals surface area contributed by atoms with E-state index in [0.29, 0.717) is 31.8 Å². The van der Waals surface area contributed by atoms with Crippen LogP contribution in [0.25, 0.3) is 0 Å². The van der Waals surface area contributed by atoms with Crippen molar-refractivity contribution in [3.63, 3.8) is 0 Å². The summed E-state index contributed by atoms with van der Waals surface area (Å²) in [7, 11) is 0. The molecule has 1 aliphatic rings. The van der Waals surface area contributed by atoms with Crippen LogP contribution in [0.3, 0.4) is 0 Å². The molecule has 0 bridgehead atoms. The van der Waals surface area contributed by atoms with Gasteiger partial charge in [-0.2, -0.15) is 0 Å². The lowest BCUT2D eigenvalue weighted by Crippen LogP contribution is -2.50. The van der Waals surface area contributed by atoms with E-state index < -0.39 is 5.60 Å². The van der Waals surface area contributed by atoms with Gasteiger partial charge < -0.3 is 14.4 Å². The van der Waals surface area contributed by atoms with Gasteiger partial charge in [0.15, 0.2) is 0 Å². The molecule has 0 unspecified atom stereocenters. The highest BCUT2D eigenvalue weighted by atomic mass is 127. The normalized spacial score (nSPS) is 15.4. The number of carbonyl (C=O) groups excluding carboxylic acids is 2. The first kappa shape index (κ1) is 24.4. The van der Waals surface area contributed by atoms with E-state index in [9.17, 15) is 9.59 Å². The summed E-state index contributed by atoms with van der Waals surface area (Å²) in [6.45, 7) is 9.59. The van der Waals surface area contributed by atoms with Crippen LogP contribution >= 0.6 is 67.8 Å². The molecule has 1 aromatic rings. The zero-order chi connectivity index (χ0) is 20.9. The van der Waals surface area contributed by atoms with Crippen LogP contribution in [0.15, 0.2) is 12.1 Å². The molecule has 0 spiro atoms. The standard InChI is InChI=1S/C19H25I3N2O4/c1-4-19(2,3)28-18(26)24-7-5-23(6-8-24)9-10-27-17(25)14-11-13(20)12-15(21)16(14)22/h11-12H,4-10H2,1-3H3. The molecule has 2 rings (SSSR count). The monoisotopic (exact) mass is 726 g/mol. The lowest BCUT2D eigenvalue weighted by molar-refractivity contribution is 0.00109. The van der Waals surface area contributed by atoms with E-state index in [0.717, 1.165) is 30.2 Å². The summed E-state index contributed by atoms with van der Waals surface area (Å²) in [6, 6.07) is 3.89. The number of piperazine rings is 1. The first-order valence-electron chi connectivity index (χ1n) is 9.15. The van der Waals surface area contributed by atoms with Gasteiger partial charge in [0.2, 0.25) is 0 Å². The van der Waals surface area contributed by atoms with Crippen LogP contribution in [-0.2, 0) is 9.47 Å². The Labute approximate surface area is 207 Å². The van der Waals surface area contributed by atoms with Gasteiger partial charge in [-0.05, 0) is 100 Å². The number of amides is 1. The highest BCUT2D eigenvalue weighted by molar-refractivity contribution is 14.1. The molecule has 1 saturated heterocycles. The molecule has 1 heterocycles. The van der Waals surface area contributed by atoms with Gasteiger partial charge in [-0.1, -0.05) is 6.92 Å². The van der Waals surface area contributed by atoms with E-state index in [1.165, 1.54) is 0 Å². The Morgan fingerprint density at radius 3 is 2.36 bits per heavy atom. The van der Waals surface area contributed by atoms with Gasteiger partial charge in [-0.15, -0.1) is 0 Å². The van der Waals surface area contributed by atoms with Crippen molar-refractivity contribution in [3.05, 3.63) is 28.4 Å². The average Bonchev–Trinajstić information content (AvgIpc) is 2.64. The Bertz CT molecular complexity index is 719. The van der Waals surface area contributed by atoms with E-state index >= 15 is 0 Å². The Balaban J connectivity index is 1.76. The highest BCUT2D eigenvalue weighted by Crippen LogP contribution is 2.23. The summed E-state index contributed by atoms with van der Waals surface area (Å²) in [5.74, 6) is -0.287. The van der Waals surface area contributed by atoms with Crippen LogP contribution in [0.5, 0.6) is 0 Å². The Kier molecular flexibility index (Phi) is 9.52. The van der Waals surface area contributed by atoms with Crippen LogP contribution in [0, 0.1) is 10.7 Å². The van der Waals surface area contributed by atoms with Crippen molar-refractivity contribution >= 4 is 79.8 Å². The fraction of sp³-hybridized carbons (Fsp3) is 0.579. The zero-order valence-electron chi connectivity index (χ0n) is 16.3. The van der Waals surface area contributed by atoms with Gasteiger partial charge in [-0.3, -0.25) is 4.90 Å². The average molecular weight is 726 g/mol.